The molecule has 0 aliphatic carbocycles. The molecule has 1 saturated heterocycles. The van der Waals surface area contributed by atoms with E-state index in [1.165, 1.54) is 0 Å². The first kappa shape index (κ1) is 15.2. The van der Waals surface area contributed by atoms with Gasteiger partial charge >= 0.3 is 0 Å². The van der Waals surface area contributed by atoms with E-state index in [9.17, 15) is 0 Å². The lowest BCUT2D eigenvalue weighted by atomic mass is 9.87. The number of nitrogens with two attached hydrogens (primary N) is 1. The third-order valence-corrected chi connectivity index (χ3v) is 3.59. The zero-order valence-corrected chi connectivity index (χ0v) is 11.5. The van der Waals surface area contributed by atoms with Crippen LogP contribution in [0.15, 0.2) is 5.16 Å². The fourth-order valence-electron chi connectivity index (χ4n) is 2.04. The summed E-state index contributed by atoms with van der Waals surface area (Å²) < 4.78 is 11.0. The van der Waals surface area contributed by atoms with Crippen molar-refractivity contribution in [1.82, 2.24) is 0 Å². The Morgan fingerprint density at radius 2 is 2.11 bits per heavy atom. The number of nitrogens with zero attached hydrogens (tertiary/aromatic N) is 1. The van der Waals surface area contributed by atoms with Gasteiger partial charge in [0.15, 0.2) is 0 Å². The molecule has 0 bridgehead atoms. The first-order valence-corrected chi connectivity index (χ1v) is 6.70. The van der Waals surface area contributed by atoms with E-state index < -0.39 is 0 Å². The zero-order valence-electron chi connectivity index (χ0n) is 11.5. The van der Waals surface area contributed by atoms with Crippen LogP contribution in [0, 0.1) is 11.3 Å². The molecule has 1 rings (SSSR count). The van der Waals surface area contributed by atoms with Gasteiger partial charge in [-0.05, 0) is 31.6 Å². The third kappa shape index (κ3) is 5.23. The molecular weight excluding hydrogens is 232 g/mol. The van der Waals surface area contributed by atoms with Crippen LogP contribution in [0.3, 0.4) is 0 Å². The highest BCUT2D eigenvalue weighted by molar-refractivity contribution is 5.85. The second-order valence-corrected chi connectivity index (χ2v) is 5.60. The first-order valence-electron chi connectivity index (χ1n) is 6.70. The third-order valence-electron chi connectivity index (χ3n) is 3.59. The topological polar surface area (TPSA) is 77.1 Å². The van der Waals surface area contributed by atoms with Crippen molar-refractivity contribution in [3.63, 3.8) is 0 Å². The molecule has 5 nitrogen and oxygen atoms in total. The minimum atomic E-state index is -0.267. The molecule has 0 amide bonds. The normalized spacial score (nSPS) is 19.1. The van der Waals surface area contributed by atoms with Gasteiger partial charge in [0.25, 0.3) is 0 Å². The molecule has 1 aliphatic rings. The molecule has 18 heavy (non-hydrogen) atoms. The summed E-state index contributed by atoms with van der Waals surface area (Å²) in [6.07, 6.45) is 3.99. The summed E-state index contributed by atoms with van der Waals surface area (Å²) in [7, 11) is 0. The Hall–Kier alpha value is -0.810. The molecule has 0 aromatic heterocycles. The largest absolute Gasteiger partial charge is 0.409 e. The molecule has 0 atom stereocenters. The van der Waals surface area contributed by atoms with Gasteiger partial charge in [0.2, 0.25) is 0 Å². The van der Waals surface area contributed by atoms with Gasteiger partial charge < -0.3 is 20.4 Å². The van der Waals surface area contributed by atoms with Crippen molar-refractivity contribution >= 4 is 5.84 Å². The molecule has 0 aromatic rings. The van der Waals surface area contributed by atoms with Crippen molar-refractivity contribution in [2.75, 3.05) is 26.4 Å². The highest BCUT2D eigenvalue weighted by Crippen LogP contribution is 2.22. The molecule has 0 radical (unpaired) electrons. The van der Waals surface area contributed by atoms with Crippen molar-refractivity contribution in [3.05, 3.63) is 0 Å². The summed E-state index contributed by atoms with van der Waals surface area (Å²) in [4.78, 5) is 0. The Bertz CT molecular complexity index is 261. The molecule has 0 spiro atoms. The SMILES string of the molecule is CC(C)(CCCOCC1CCOCC1)C(N)=NO. The van der Waals surface area contributed by atoms with Crippen molar-refractivity contribution in [3.8, 4) is 0 Å². The Morgan fingerprint density at radius 1 is 1.44 bits per heavy atom. The summed E-state index contributed by atoms with van der Waals surface area (Å²) in [6, 6.07) is 0. The van der Waals surface area contributed by atoms with Crippen LogP contribution in [0.25, 0.3) is 0 Å². The van der Waals surface area contributed by atoms with Crippen molar-refractivity contribution < 1.29 is 14.7 Å². The summed E-state index contributed by atoms with van der Waals surface area (Å²) in [6.45, 7) is 7.24. The minimum absolute atomic E-state index is 0.267. The van der Waals surface area contributed by atoms with E-state index in [1.54, 1.807) is 0 Å². The molecule has 0 unspecified atom stereocenters. The molecule has 1 fully saturated rings. The Kier molecular flexibility index (Phi) is 6.43. The first-order chi connectivity index (χ1) is 8.56. The van der Waals surface area contributed by atoms with Crippen LogP contribution in [0.5, 0.6) is 0 Å². The summed E-state index contributed by atoms with van der Waals surface area (Å²) in [5.74, 6) is 0.933. The fraction of sp³-hybridized carbons (Fsp3) is 0.923. The highest BCUT2D eigenvalue weighted by Gasteiger charge is 2.23. The van der Waals surface area contributed by atoms with Gasteiger partial charge in [-0.25, -0.2) is 0 Å². The molecule has 0 saturated carbocycles. The van der Waals surface area contributed by atoms with E-state index in [1.807, 2.05) is 13.8 Å². The summed E-state index contributed by atoms with van der Waals surface area (Å²) in [5, 5.41) is 11.7. The molecule has 3 N–H and O–H groups in total. The Balaban J connectivity index is 2.07. The molecule has 0 aromatic carbocycles. The lowest BCUT2D eigenvalue weighted by molar-refractivity contribution is 0.0190. The van der Waals surface area contributed by atoms with Gasteiger partial charge in [0, 0.05) is 31.8 Å². The molecule has 106 valence electrons. The van der Waals surface area contributed by atoms with Crippen molar-refractivity contribution in [2.24, 2.45) is 22.2 Å². The quantitative estimate of drug-likeness (QED) is 0.241. The van der Waals surface area contributed by atoms with Crippen LogP contribution >= 0.6 is 0 Å². The number of oxime groups is 1. The average molecular weight is 258 g/mol. The van der Waals surface area contributed by atoms with E-state index in [2.05, 4.69) is 5.16 Å². The number of ether oxygens (including phenoxy) is 2. The van der Waals surface area contributed by atoms with Gasteiger partial charge in [-0.1, -0.05) is 19.0 Å². The van der Waals surface area contributed by atoms with E-state index in [-0.39, 0.29) is 11.3 Å². The van der Waals surface area contributed by atoms with Crippen molar-refractivity contribution in [1.29, 1.82) is 0 Å². The minimum Gasteiger partial charge on any atom is -0.409 e. The average Bonchev–Trinajstić information content (AvgIpc) is 2.38. The smallest absolute Gasteiger partial charge is 0.144 e. The van der Waals surface area contributed by atoms with Gasteiger partial charge in [-0.3, -0.25) is 0 Å². The highest BCUT2D eigenvalue weighted by atomic mass is 16.5. The number of rotatable bonds is 7. The van der Waals surface area contributed by atoms with Gasteiger partial charge in [-0.2, -0.15) is 0 Å². The van der Waals surface area contributed by atoms with Gasteiger partial charge in [-0.15, -0.1) is 0 Å². The van der Waals surface area contributed by atoms with Crippen LogP contribution in [-0.4, -0.2) is 37.5 Å². The summed E-state index contributed by atoms with van der Waals surface area (Å²) in [5.41, 5.74) is 5.36. The Morgan fingerprint density at radius 3 is 2.72 bits per heavy atom. The fourth-order valence-corrected chi connectivity index (χ4v) is 2.04. The van der Waals surface area contributed by atoms with Crippen LogP contribution in [0.1, 0.15) is 39.5 Å². The monoisotopic (exact) mass is 258 g/mol. The summed E-state index contributed by atoms with van der Waals surface area (Å²) >= 11 is 0. The predicted octanol–water partition coefficient (Wildman–Crippen LogP) is 1.98. The molecular formula is C13H26N2O3. The van der Waals surface area contributed by atoms with E-state index in [0.717, 1.165) is 52.1 Å². The van der Waals surface area contributed by atoms with Gasteiger partial charge in [0.05, 0.1) is 0 Å². The van der Waals surface area contributed by atoms with Crippen LogP contribution < -0.4 is 5.73 Å². The van der Waals surface area contributed by atoms with E-state index >= 15 is 0 Å². The maximum absolute atomic E-state index is 8.66. The molecule has 5 heteroatoms. The lowest BCUT2D eigenvalue weighted by Crippen LogP contribution is -2.32. The number of amidine groups is 1. The van der Waals surface area contributed by atoms with Crippen molar-refractivity contribution in [2.45, 2.75) is 39.5 Å². The Labute approximate surface area is 109 Å². The predicted molar refractivity (Wildman–Crippen MR) is 70.8 cm³/mol. The maximum Gasteiger partial charge on any atom is 0.144 e. The maximum atomic E-state index is 8.66. The lowest BCUT2D eigenvalue weighted by Gasteiger charge is -2.24. The standard InChI is InChI=1S/C13H26N2O3/c1-13(2,12(14)15-16)6-3-7-18-10-11-4-8-17-9-5-11/h11,16H,3-10H2,1-2H3,(H2,14,15). The second kappa shape index (κ2) is 7.59. The van der Waals surface area contributed by atoms with E-state index in [4.69, 9.17) is 20.4 Å². The van der Waals surface area contributed by atoms with Gasteiger partial charge in [0.1, 0.15) is 5.84 Å². The van der Waals surface area contributed by atoms with E-state index in [0.29, 0.717) is 5.92 Å². The number of hydrogen-bond acceptors (Lipinski definition) is 4. The van der Waals surface area contributed by atoms with Crippen LogP contribution in [0.4, 0.5) is 0 Å². The zero-order chi connectivity index (χ0) is 13.4. The molecule has 1 aliphatic heterocycles. The number of hydrogen-bond donors (Lipinski definition) is 2. The second-order valence-electron chi connectivity index (χ2n) is 5.60. The van der Waals surface area contributed by atoms with Crippen LogP contribution in [0.2, 0.25) is 0 Å². The molecule has 1 heterocycles. The van der Waals surface area contributed by atoms with Crippen LogP contribution in [-0.2, 0) is 9.47 Å².